The summed E-state index contributed by atoms with van der Waals surface area (Å²) in [6.07, 6.45) is 4.15. The smallest absolute Gasteiger partial charge is 0.0321 e. The summed E-state index contributed by atoms with van der Waals surface area (Å²) in [4.78, 5) is 2.60. The van der Waals surface area contributed by atoms with Gasteiger partial charge in [0.15, 0.2) is 0 Å². The minimum Gasteiger partial charge on any atom is -0.310 e. The lowest BCUT2D eigenvalue weighted by molar-refractivity contribution is 0.249. The molecule has 1 spiro atoms. The Morgan fingerprint density at radius 3 is 2.67 bits per heavy atom. The highest BCUT2D eigenvalue weighted by atomic mass is 15.2. The molecule has 1 unspecified atom stereocenters. The summed E-state index contributed by atoms with van der Waals surface area (Å²) >= 11 is 0. The molecule has 0 amide bonds. The highest BCUT2D eigenvalue weighted by molar-refractivity contribution is 5.01. The maximum Gasteiger partial charge on any atom is 0.0321 e. The molecule has 1 atom stereocenters. The zero-order valence-electron chi connectivity index (χ0n) is 8.27. The molecule has 0 aromatic heterocycles. The third kappa shape index (κ3) is 1.38. The highest BCUT2D eigenvalue weighted by Crippen LogP contribution is 2.30. The van der Waals surface area contributed by atoms with Crippen LogP contribution in [0.1, 0.15) is 33.1 Å². The van der Waals surface area contributed by atoms with E-state index in [4.69, 9.17) is 0 Å². The van der Waals surface area contributed by atoms with Crippen molar-refractivity contribution in [1.29, 1.82) is 0 Å². The van der Waals surface area contributed by atoms with Crippen LogP contribution in [0.4, 0.5) is 0 Å². The Morgan fingerprint density at radius 1 is 1.33 bits per heavy atom. The van der Waals surface area contributed by atoms with Crippen molar-refractivity contribution in [3.8, 4) is 0 Å². The van der Waals surface area contributed by atoms with E-state index in [1.165, 1.54) is 38.9 Å². The van der Waals surface area contributed by atoms with Gasteiger partial charge in [-0.15, -0.1) is 0 Å². The normalized spacial score (nSPS) is 37.2. The molecule has 2 aliphatic rings. The van der Waals surface area contributed by atoms with E-state index in [1.807, 2.05) is 0 Å². The van der Waals surface area contributed by atoms with Crippen LogP contribution in [0.5, 0.6) is 0 Å². The maximum atomic E-state index is 3.68. The van der Waals surface area contributed by atoms with Gasteiger partial charge in [0.25, 0.3) is 0 Å². The maximum absolute atomic E-state index is 3.68. The Labute approximate surface area is 75.3 Å². The van der Waals surface area contributed by atoms with Crippen molar-refractivity contribution in [3.63, 3.8) is 0 Å². The van der Waals surface area contributed by atoms with Crippen LogP contribution in [0.25, 0.3) is 0 Å². The second-order valence-corrected chi connectivity index (χ2v) is 4.62. The molecule has 2 fully saturated rings. The standard InChI is InChI=1S/C10H20N2/c1-9(2)12-7-5-10(8-12)4-3-6-11-10/h9,11H,3-8H2,1-2H3. The lowest BCUT2D eigenvalue weighted by Crippen LogP contribution is -2.43. The van der Waals surface area contributed by atoms with Gasteiger partial charge in [0.1, 0.15) is 0 Å². The van der Waals surface area contributed by atoms with Gasteiger partial charge in [0, 0.05) is 24.7 Å². The third-order valence-corrected chi connectivity index (χ3v) is 3.45. The van der Waals surface area contributed by atoms with Crippen LogP contribution in [-0.4, -0.2) is 36.1 Å². The zero-order chi connectivity index (χ0) is 8.60. The number of nitrogens with one attached hydrogen (secondary N) is 1. The fourth-order valence-corrected chi connectivity index (χ4v) is 2.56. The predicted octanol–water partition coefficient (Wildman–Crippen LogP) is 1.22. The van der Waals surface area contributed by atoms with E-state index >= 15 is 0 Å². The fraction of sp³-hybridized carbons (Fsp3) is 1.00. The molecule has 0 aromatic carbocycles. The van der Waals surface area contributed by atoms with Gasteiger partial charge in [-0.25, -0.2) is 0 Å². The molecule has 0 saturated carbocycles. The van der Waals surface area contributed by atoms with Crippen LogP contribution >= 0.6 is 0 Å². The molecule has 2 rings (SSSR count). The van der Waals surface area contributed by atoms with Gasteiger partial charge in [-0.1, -0.05) is 0 Å². The minimum atomic E-state index is 0.518. The summed E-state index contributed by atoms with van der Waals surface area (Å²) in [7, 11) is 0. The van der Waals surface area contributed by atoms with Crippen molar-refractivity contribution >= 4 is 0 Å². The number of hydrogen-bond donors (Lipinski definition) is 1. The van der Waals surface area contributed by atoms with Crippen LogP contribution in [0.2, 0.25) is 0 Å². The first-order chi connectivity index (χ1) is 5.72. The van der Waals surface area contributed by atoms with E-state index in [0.717, 1.165) is 6.04 Å². The van der Waals surface area contributed by atoms with Gasteiger partial charge in [0.05, 0.1) is 0 Å². The zero-order valence-corrected chi connectivity index (χ0v) is 8.27. The van der Waals surface area contributed by atoms with Crippen LogP contribution in [-0.2, 0) is 0 Å². The molecule has 0 bridgehead atoms. The van der Waals surface area contributed by atoms with Gasteiger partial charge in [-0.05, 0) is 39.7 Å². The third-order valence-electron chi connectivity index (χ3n) is 3.45. The quantitative estimate of drug-likeness (QED) is 0.633. The number of rotatable bonds is 1. The van der Waals surface area contributed by atoms with Crippen molar-refractivity contribution in [1.82, 2.24) is 10.2 Å². The Kier molecular flexibility index (Phi) is 2.13. The SMILES string of the molecule is CC(C)N1CCC2(CCCN2)C1. The Bertz CT molecular complexity index is 159. The van der Waals surface area contributed by atoms with E-state index in [-0.39, 0.29) is 0 Å². The van der Waals surface area contributed by atoms with E-state index in [9.17, 15) is 0 Å². The highest BCUT2D eigenvalue weighted by Gasteiger charge is 2.40. The van der Waals surface area contributed by atoms with E-state index in [1.54, 1.807) is 0 Å². The molecular formula is C10H20N2. The molecule has 0 aliphatic carbocycles. The summed E-state index contributed by atoms with van der Waals surface area (Å²) in [6.45, 7) is 8.42. The molecule has 70 valence electrons. The van der Waals surface area contributed by atoms with Crippen molar-refractivity contribution in [2.24, 2.45) is 0 Å². The van der Waals surface area contributed by atoms with E-state index < -0.39 is 0 Å². The molecule has 0 aromatic rings. The average molecular weight is 168 g/mol. The average Bonchev–Trinajstić information content (AvgIpc) is 2.62. The lowest BCUT2D eigenvalue weighted by atomic mass is 9.97. The minimum absolute atomic E-state index is 0.518. The lowest BCUT2D eigenvalue weighted by Gasteiger charge is -2.26. The van der Waals surface area contributed by atoms with Gasteiger partial charge < -0.3 is 5.32 Å². The largest absolute Gasteiger partial charge is 0.310 e. The molecular weight excluding hydrogens is 148 g/mol. The molecule has 2 heterocycles. The molecule has 2 heteroatoms. The van der Waals surface area contributed by atoms with Gasteiger partial charge in [-0.3, -0.25) is 4.90 Å². The fourth-order valence-electron chi connectivity index (χ4n) is 2.56. The molecule has 2 nitrogen and oxygen atoms in total. The van der Waals surface area contributed by atoms with E-state index in [0.29, 0.717) is 5.54 Å². The monoisotopic (exact) mass is 168 g/mol. The Morgan fingerprint density at radius 2 is 2.17 bits per heavy atom. The topological polar surface area (TPSA) is 15.3 Å². The second-order valence-electron chi connectivity index (χ2n) is 4.62. The van der Waals surface area contributed by atoms with Crippen LogP contribution in [0.15, 0.2) is 0 Å². The molecule has 0 radical (unpaired) electrons. The van der Waals surface area contributed by atoms with Gasteiger partial charge in [-0.2, -0.15) is 0 Å². The van der Waals surface area contributed by atoms with Crippen molar-refractivity contribution in [2.45, 2.75) is 44.7 Å². The molecule has 12 heavy (non-hydrogen) atoms. The summed E-state index contributed by atoms with van der Waals surface area (Å²) in [6, 6.07) is 0.728. The molecule has 2 saturated heterocycles. The van der Waals surface area contributed by atoms with Crippen LogP contribution < -0.4 is 5.32 Å². The number of likely N-dealkylation sites (tertiary alicyclic amines) is 1. The van der Waals surface area contributed by atoms with Crippen molar-refractivity contribution < 1.29 is 0 Å². The summed E-state index contributed by atoms with van der Waals surface area (Å²) in [5.74, 6) is 0. The molecule has 1 N–H and O–H groups in total. The van der Waals surface area contributed by atoms with Crippen LogP contribution in [0.3, 0.4) is 0 Å². The Hall–Kier alpha value is -0.0800. The first kappa shape index (κ1) is 8.52. The molecule has 2 aliphatic heterocycles. The summed E-state index contributed by atoms with van der Waals surface area (Å²) in [5.41, 5.74) is 0.518. The second kappa shape index (κ2) is 3.00. The first-order valence-corrected chi connectivity index (χ1v) is 5.21. The Balaban J connectivity index is 1.96. The van der Waals surface area contributed by atoms with Crippen molar-refractivity contribution in [3.05, 3.63) is 0 Å². The van der Waals surface area contributed by atoms with E-state index in [2.05, 4.69) is 24.1 Å². The summed E-state index contributed by atoms with van der Waals surface area (Å²) in [5, 5.41) is 3.68. The van der Waals surface area contributed by atoms with Crippen molar-refractivity contribution in [2.75, 3.05) is 19.6 Å². The summed E-state index contributed by atoms with van der Waals surface area (Å²) < 4.78 is 0. The predicted molar refractivity (Wildman–Crippen MR) is 51.3 cm³/mol. The van der Waals surface area contributed by atoms with Crippen LogP contribution in [0, 0.1) is 0 Å². The first-order valence-electron chi connectivity index (χ1n) is 5.21. The van der Waals surface area contributed by atoms with Gasteiger partial charge in [0.2, 0.25) is 0 Å². The number of nitrogens with zero attached hydrogens (tertiary/aromatic N) is 1. The number of hydrogen-bond acceptors (Lipinski definition) is 2. The van der Waals surface area contributed by atoms with Gasteiger partial charge >= 0.3 is 0 Å².